The zero-order valence-corrected chi connectivity index (χ0v) is 35.5. The van der Waals surface area contributed by atoms with Gasteiger partial charge in [-0.2, -0.15) is 0 Å². The zero-order chi connectivity index (χ0) is 43.2. The molecule has 0 fully saturated rings. The number of hydrogen-bond acceptors (Lipinski definition) is 3. The van der Waals surface area contributed by atoms with Crippen LogP contribution in [0.25, 0.3) is 50.0 Å². The van der Waals surface area contributed by atoms with Gasteiger partial charge in [0.1, 0.15) is 5.84 Å². The summed E-state index contributed by atoms with van der Waals surface area (Å²) >= 11 is 0. The maximum absolute atomic E-state index is 5.28. The highest BCUT2D eigenvalue weighted by Crippen LogP contribution is 2.49. The fourth-order valence-electron chi connectivity index (χ4n) is 9.09. The predicted octanol–water partition coefficient (Wildman–Crippen LogP) is 13.5. The van der Waals surface area contributed by atoms with Gasteiger partial charge in [-0.05, 0) is 114 Å². The molecule has 0 saturated heterocycles. The first-order valence-corrected chi connectivity index (χ1v) is 21.2. The maximum atomic E-state index is 5.28. The first-order valence-electron chi connectivity index (χ1n) is 21.2. The van der Waals surface area contributed by atoms with Gasteiger partial charge < -0.3 is 9.88 Å². The normalized spacial score (nSPS) is 18.8. The number of nitrogens with zero attached hydrogens (tertiary/aromatic N) is 4. The van der Waals surface area contributed by atoms with E-state index < -0.39 is 0 Å². The summed E-state index contributed by atoms with van der Waals surface area (Å²) in [7, 11) is 0. The number of para-hydroxylation sites is 1. The van der Waals surface area contributed by atoms with Crippen molar-refractivity contribution in [2.45, 2.75) is 45.1 Å². The molecule has 2 aromatic heterocycles. The van der Waals surface area contributed by atoms with E-state index in [1.54, 1.807) is 12.4 Å². The van der Waals surface area contributed by atoms with Crippen LogP contribution >= 0.6 is 0 Å². The van der Waals surface area contributed by atoms with Gasteiger partial charge in [0.05, 0.1) is 17.1 Å². The molecule has 5 heteroatoms. The van der Waals surface area contributed by atoms with Crippen molar-refractivity contribution < 1.29 is 0 Å². The van der Waals surface area contributed by atoms with Crippen LogP contribution < -0.4 is 5.32 Å². The molecule has 3 aliphatic rings. The van der Waals surface area contributed by atoms with Crippen molar-refractivity contribution >= 4 is 44.5 Å². The molecule has 3 aliphatic carbocycles. The number of rotatable bonds is 10. The van der Waals surface area contributed by atoms with Crippen LogP contribution in [0.1, 0.15) is 61.3 Å². The molecule has 0 bridgehead atoms. The van der Waals surface area contributed by atoms with Crippen molar-refractivity contribution in [2.24, 2.45) is 10.9 Å². The minimum atomic E-state index is -0.0731. The molecule has 1 N–H and O–H groups in total. The monoisotopic (exact) mass is 805 g/mol. The van der Waals surface area contributed by atoms with Crippen molar-refractivity contribution in [3.05, 3.63) is 223 Å². The van der Waals surface area contributed by atoms with Crippen LogP contribution in [0, 0.1) is 18.8 Å². The topological polar surface area (TPSA) is 55.1 Å². The number of allylic oxidation sites excluding steroid dienone is 12. The third-order valence-electron chi connectivity index (χ3n) is 12.2. The van der Waals surface area contributed by atoms with E-state index in [9.17, 15) is 0 Å². The lowest BCUT2D eigenvalue weighted by Gasteiger charge is -2.36. The summed E-state index contributed by atoms with van der Waals surface area (Å²) in [5, 5.41) is 6.04. The molecule has 304 valence electrons. The number of nitrogens with one attached hydrogen (secondary N) is 1. The molecular weight excluding hydrogens is 755 g/mol. The third kappa shape index (κ3) is 7.91. The van der Waals surface area contributed by atoms with Gasteiger partial charge in [0.25, 0.3) is 0 Å². The highest BCUT2D eigenvalue weighted by Gasteiger charge is 2.33. The van der Waals surface area contributed by atoms with Crippen LogP contribution in [-0.2, 0) is 0 Å². The molecule has 9 rings (SSSR count). The van der Waals surface area contributed by atoms with Gasteiger partial charge in [-0.15, -0.1) is 12.8 Å². The lowest BCUT2D eigenvalue weighted by atomic mass is 9.67. The average Bonchev–Trinajstić information content (AvgIpc) is 3.67. The number of hydrogen-bond donors (Lipinski definition) is 1. The van der Waals surface area contributed by atoms with Gasteiger partial charge >= 0.3 is 0 Å². The Kier molecular flexibility index (Phi) is 12.2. The van der Waals surface area contributed by atoms with E-state index in [0.29, 0.717) is 17.7 Å². The van der Waals surface area contributed by atoms with Crippen LogP contribution in [-0.4, -0.2) is 26.4 Å². The van der Waals surface area contributed by atoms with Crippen LogP contribution in [0.2, 0.25) is 0 Å². The van der Waals surface area contributed by atoms with Crippen molar-refractivity contribution in [1.82, 2.24) is 19.9 Å². The number of benzene rings is 4. The first-order chi connectivity index (χ1) is 30.4. The molecular formula is C57H51N5. The average molecular weight is 806 g/mol. The van der Waals surface area contributed by atoms with Gasteiger partial charge in [-0.3, -0.25) is 4.99 Å². The van der Waals surface area contributed by atoms with Crippen molar-refractivity contribution in [2.75, 3.05) is 0 Å². The zero-order valence-electron chi connectivity index (χ0n) is 35.5. The van der Waals surface area contributed by atoms with Crippen molar-refractivity contribution in [3.8, 4) is 24.2 Å². The number of amidine groups is 1. The smallest absolute Gasteiger partial charge is 0.159 e. The molecule has 3 unspecified atom stereocenters. The molecule has 3 atom stereocenters. The van der Waals surface area contributed by atoms with E-state index in [2.05, 4.69) is 181 Å². The van der Waals surface area contributed by atoms with Gasteiger partial charge in [0.15, 0.2) is 5.82 Å². The highest BCUT2D eigenvalue weighted by molar-refractivity contribution is 6.11. The minimum Gasteiger partial charge on any atom is -0.340 e. The van der Waals surface area contributed by atoms with E-state index in [1.807, 2.05) is 37.3 Å². The molecule has 4 aromatic carbocycles. The molecule has 6 aromatic rings. The minimum absolute atomic E-state index is 0.0731. The standard InChI is InChI=1S/C55H49N5.C2H2/c1-6-36(4)51(8-3)59-55(39-24-22-38(23-25-39)54-56-32-15-33-57-54)58-41-27-29-42(30-28-41)60-52-21-14-13-20-48(52)50-35-40(26-31-53(50)60)37(5)34-49-43(7-2)44-16-9-10-17-45(44)46-18-11-12-19-47(46)49;1-2/h6-10,12-17,19-27,29-35,41,46-47H,1-3,11,18,28H2,4-5H3,(H,58,59);1-2H/b37-34+,51-36+;. The summed E-state index contributed by atoms with van der Waals surface area (Å²) < 4.78 is 2.40. The number of aliphatic imine (C=N–C) groups is 1. The molecule has 5 nitrogen and oxygen atoms in total. The summed E-state index contributed by atoms with van der Waals surface area (Å²) in [6.45, 7) is 16.6. The van der Waals surface area contributed by atoms with Crippen molar-refractivity contribution in [3.63, 3.8) is 0 Å². The molecule has 2 heterocycles. The Morgan fingerprint density at radius 1 is 0.823 bits per heavy atom. The molecule has 0 radical (unpaired) electrons. The largest absolute Gasteiger partial charge is 0.340 e. The molecule has 0 spiro atoms. The van der Waals surface area contributed by atoms with E-state index >= 15 is 0 Å². The summed E-state index contributed by atoms with van der Waals surface area (Å²) in [6, 6.07) is 34.6. The van der Waals surface area contributed by atoms with E-state index in [0.717, 1.165) is 46.8 Å². The van der Waals surface area contributed by atoms with E-state index in [1.165, 1.54) is 61.6 Å². The molecule has 0 aliphatic heterocycles. The second-order valence-electron chi connectivity index (χ2n) is 15.8. The van der Waals surface area contributed by atoms with Crippen molar-refractivity contribution in [1.29, 1.82) is 0 Å². The van der Waals surface area contributed by atoms with E-state index in [-0.39, 0.29) is 6.04 Å². The highest BCUT2D eigenvalue weighted by atomic mass is 15.0. The van der Waals surface area contributed by atoms with Crippen LogP contribution in [0.15, 0.2) is 206 Å². The predicted molar refractivity (Wildman–Crippen MR) is 263 cm³/mol. The lowest BCUT2D eigenvalue weighted by Crippen LogP contribution is -2.26. The Labute approximate surface area is 366 Å². The lowest BCUT2D eigenvalue weighted by molar-refractivity contribution is 0.511. The Morgan fingerprint density at radius 2 is 1.56 bits per heavy atom. The Hall–Kier alpha value is -7.55. The molecule has 0 amide bonds. The SMILES string of the molecule is C#C.C=CC1=C(/C=C(\C)c2ccc3c(c2)c2ccccc2n3C2=CCC(N=C(N/C(C=C)=C(\C)C=C)c3ccc(-c4ncccn4)cc3)C=C2)C2C=CCCC2c2ccccc21. The molecule has 0 saturated carbocycles. The van der Waals surface area contributed by atoms with Crippen LogP contribution in [0.4, 0.5) is 0 Å². The maximum Gasteiger partial charge on any atom is 0.159 e. The van der Waals surface area contributed by atoms with Gasteiger partial charge in [-0.25, -0.2) is 9.97 Å². The quantitative estimate of drug-likeness (QED) is 0.0493. The van der Waals surface area contributed by atoms with Crippen LogP contribution in [0.5, 0.6) is 0 Å². The fourth-order valence-corrected chi connectivity index (χ4v) is 9.09. The summed E-state index contributed by atoms with van der Waals surface area (Å²) in [4.78, 5) is 14.1. The summed E-state index contributed by atoms with van der Waals surface area (Å²) in [5.74, 6) is 2.28. The second-order valence-corrected chi connectivity index (χ2v) is 15.8. The molecule has 62 heavy (non-hydrogen) atoms. The van der Waals surface area contributed by atoms with Gasteiger partial charge in [0.2, 0.25) is 0 Å². The fraction of sp³-hybridized carbons (Fsp3) is 0.140. The number of terminal acetylenes is 1. The third-order valence-corrected chi connectivity index (χ3v) is 12.2. The van der Waals surface area contributed by atoms with Gasteiger partial charge in [-0.1, -0.05) is 135 Å². The number of fused-ring (bicyclic) bond motifs is 6. The second kappa shape index (κ2) is 18.4. The summed E-state index contributed by atoms with van der Waals surface area (Å²) in [5.41, 5.74) is 15.1. The van der Waals surface area contributed by atoms with E-state index in [4.69, 9.17) is 4.99 Å². The Bertz CT molecular complexity index is 2940. The summed E-state index contributed by atoms with van der Waals surface area (Å²) in [6.07, 6.45) is 34.2. The van der Waals surface area contributed by atoms with Crippen LogP contribution in [0.3, 0.4) is 0 Å². The Balaban J connectivity index is 0.00000261. The number of aromatic nitrogens is 3. The Morgan fingerprint density at radius 3 is 2.31 bits per heavy atom. The first kappa shape index (κ1) is 41.2. The van der Waals surface area contributed by atoms with Gasteiger partial charge in [0, 0.05) is 51.6 Å².